The van der Waals surface area contributed by atoms with Gasteiger partial charge in [-0.2, -0.15) is 0 Å². The highest BCUT2D eigenvalue weighted by atomic mass is 14.8. The van der Waals surface area contributed by atoms with Gasteiger partial charge in [0.05, 0.1) is 0 Å². The highest BCUT2D eigenvalue weighted by Crippen LogP contribution is 2.40. The second kappa shape index (κ2) is 4.45. The molecule has 1 fully saturated rings. The van der Waals surface area contributed by atoms with E-state index in [1.165, 1.54) is 38.5 Å². The summed E-state index contributed by atoms with van der Waals surface area (Å²) in [6.07, 6.45) is 7.78. The lowest BCUT2D eigenvalue weighted by Gasteiger charge is -2.31. The van der Waals surface area contributed by atoms with Crippen molar-refractivity contribution in [2.24, 2.45) is 17.6 Å². The molecular formula is C12H25N. The average molecular weight is 183 g/mol. The second-order valence-corrected chi connectivity index (χ2v) is 4.94. The fourth-order valence-corrected chi connectivity index (χ4v) is 2.73. The van der Waals surface area contributed by atoms with Crippen LogP contribution < -0.4 is 5.73 Å². The molecule has 0 bridgehead atoms. The monoisotopic (exact) mass is 183 g/mol. The molecule has 3 atom stereocenters. The minimum Gasteiger partial charge on any atom is -0.325 e. The average Bonchev–Trinajstić information content (AvgIpc) is 2.49. The van der Waals surface area contributed by atoms with E-state index in [9.17, 15) is 0 Å². The normalized spacial score (nSPS) is 36.5. The lowest BCUT2D eigenvalue weighted by atomic mass is 9.81. The molecule has 0 saturated heterocycles. The predicted octanol–water partition coefficient (Wildman–Crippen LogP) is 3.33. The zero-order valence-electron chi connectivity index (χ0n) is 9.47. The van der Waals surface area contributed by atoms with Gasteiger partial charge < -0.3 is 5.73 Å². The molecule has 0 aromatic carbocycles. The van der Waals surface area contributed by atoms with Crippen LogP contribution in [0.25, 0.3) is 0 Å². The van der Waals surface area contributed by atoms with Crippen LogP contribution in [0.2, 0.25) is 0 Å². The van der Waals surface area contributed by atoms with Gasteiger partial charge in [0.25, 0.3) is 0 Å². The van der Waals surface area contributed by atoms with Gasteiger partial charge in [0.15, 0.2) is 0 Å². The molecule has 78 valence electrons. The third-order valence-electron chi connectivity index (χ3n) is 3.97. The topological polar surface area (TPSA) is 26.0 Å². The minimum absolute atomic E-state index is 0.177. The van der Waals surface area contributed by atoms with Crippen LogP contribution in [0.3, 0.4) is 0 Å². The summed E-state index contributed by atoms with van der Waals surface area (Å²) in [7, 11) is 0. The molecule has 0 amide bonds. The molecule has 1 saturated carbocycles. The Hall–Kier alpha value is -0.0400. The molecule has 0 spiro atoms. The van der Waals surface area contributed by atoms with Gasteiger partial charge in [-0.05, 0) is 37.5 Å². The van der Waals surface area contributed by atoms with Crippen molar-refractivity contribution in [2.75, 3.05) is 0 Å². The second-order valence-electron chi connectivity index (χ2n) is 4.94. The molecule has 1 aliphatic rings. The number of nitrogens with two attached hydrogens (primary N) is 1. The zero-order chi connectivity index (χ0) is 9.90. The minimum atomic E-state index is 0.177. The molecule has 1 nitrogen and oxygen atoms in total. The van der Waals surface area contributed by atoms with Crippen molar-refractivity contribution in [1.29, 1.82) is 0 Å². The third kappa shape index (κ3) is 2.46. The fraction of sp³-hybridized carbons (Fsp3) is 1.00. The molecular weight excluding hydrogens is 158 g/mol. The van der Waals surface area contributed by atoms with Gasteiger partial charge in [-0.15, -0.1) is 0 Å². The van der Waals surface area contributed by atoms with E-state index in [1.54, 1.807) is 0 Å². The standard InChI is InChI=1S/C12H25N/c1-4-6-10(3)12(13)8-7-11(5-2)9-12/h10-11H,4-9,13H2,1-3H3. The Morgan fingerprint density at radius 3 is 2.62 bits per heavy atom. The first-order valence-electron chi connectivity index (χ1n) is 5.91. The summed E-state index contributed by atoms with van der Waals surface area (Å²) in [5, 5.41) is 0. The van der Waals surface area contributed by atoms with Crippen molar-refractivity contribution >= 4 is 0 Å². The first kappa shape index (κ1) is 11.0. The van der Waals surface area contributed by atoms with Gasteiger partial charge in [-0.1, -0.05) is 33.6 Å². The maximum Gasteiger partial charge on any atom is 0.0182 e. The van der Waals surface area contributed by atoms with Crippen molar-refractivity contribution in [2.45, 2.75) is 64.8 Å². The van der Waals surface area contributed by atoms with Gasteiger partial charge in [0.2, 0.25) is 0 Å². The van der Waals surface area contributed by atoms with E-state index < -0.39 is 0 Å². The van der Waals surface area contributed by atoms with Crippen molar-refractivity contribution in [3.05, 3.63) is 0 Å². The molecule has 0 heterocycles. The zero-order valence-corrected chi connectivity index (χ0v) is 9.47. The van der Waals surface area contributed by atoms with Crippen LogP contribution in [0.5, 0.6) is 0 Å². The van der Waals surface area contributed by atoms with Crippen molar-refractivity contribution in [3.8, 4) is 0 Å². The van der Waals surface area contributed by atoms with Crippen LogP contribution in [0.4, 0.5) is 0 Å². The first-order valence-corrected chi connectivity index (χ1v) is 5.91. The summed E-state index contributed by atoms with van der Waals surface area (Å²) >= 11 is 0. The SMILES string of the molecule is CCCC(C)C1(N)CCC(CC)C1. The van der Waals surface area contributed by atoms with Gasteiger partial charge in [-0.3, -0.25) is 0 Å². The summed E-state index contributed by atoms with van der Waals surface area (Å²) in [6, 6.07) is 0. The summed E-state index contributed by atoms with van der Waals surface area (Å²) < 4.78 is 0. The smallest absolute Gasteiger partial charge is 0.0182 e. The van der Waals surface area contributed by atoms with Gasteiger partial charge in [0, 0.05) is 5.54 Å². The van der Waals surface area contributed by atoms with Crippen LogP contribution in [0.15, 0.2) is 0 Å². The van der Waals surface area contributed by atoms with E-state index in [1.807, 2.05) is 0 Å². The summed E-state index contributed by atoms with van der Waals surface area (Å²) in [4.78, 5) is 0. The first-order chi connectivity index (χ1) is 6.12. The van der Waals surface area contributed by atoms with Gasteiger partial charge in [-0.25, -0.2) is 0 Å². The summed E-state index contributed by atoms with van der Waals surface area (Å²) in [6.45, 7) is 6.88. The predicted molar refractivity (Wildman–Crippen MR) is 58.6 cm³/mol. The molecule has 0 aliphatic heterocycles. The fourth-order valence-electron chi connectivity index (χ4n) is 2.73. The highest BCUT2D eigenvalue weighted by Gasteiger charge is 2.38. The lowest BCUT2D eigenvalue weighted by Crippen LogP contribution is -2.43. The van der Waals surface area contributed by atoms with Crippen molar-refractivity contribution < 1.29 is 0 Å². The molecule has 1 aliphatic carbocycles. The maximum atomic E-state index is 6.45. The van der Waals surface area contributed by atoms with Crippen molar-refractivity contribution in [3.63, 3.8) is 0 Å². The molecule has 1 rings (SSSR count). The van der Waals surface area contributed by atoms with Crippen molar-refractivity contribution in [1.82, 2.24) is 0 Å². The molecule has 0 aromatic rings. The molecule has 0 radical (unpaired) electrons. The van der Waals surface area contributed by atoms with Crippen LogP contribution >= 0.6 is 0 Å². The van der Waals surface area contributed by atoms with E-state index in [2.05, 4.69) is 20.8 Å². The Balaban J connectivity index is 2.47. The molecule has 0 aromatic heterocycles. The molecule has 2 N–H and O–H groups in total. The summed E-state index contributed by atoms with van der Waals surface area (Å²) in [5.41, 5.74) is 6.63. The van der Waals surface area contributed by atoms with Crippen LogP contribution in [0.1, 0.15) is 59.3 Å². The van der Waals surface area contributed by atoms with Gasteiger partial charge in [0.1, 0.15) is 0 Å². The van der Waals surface area contributed by atoms with Crippen LogP contribution in [0, 0.1) is 11.8 Å². The number of rotatable bonds is 4. The highest BCUT2D eigenvalue weighted by molar-refractivity contribution is 4.96. The number of hydrogen-bond acceptors (Lipinski definition) is 1. The van der Waals surface area contributed by atoms with Crippen LogP contribution in [-0.2, 0) is 0 Å². The molecule has 3 unspecified atom stereocenters. The Morgan fingerprint density at radius 1 is 1.46 bits per heavy atom. The third-order valence-corrected chi connectivity index (χ3v) is 3.97. The quantitative estimate of drug-likeness (QED) is 0.711. The van der Waals surface area contributed by atoms with E-state index in [0.29, 0.717) is 5.92 Å². The van der Waals surface area contributed by atoms with E-state index in [-0.39, 0.29) is 5.54 Å². The van der Waals surface area contributed by atoms with E-state index >= 15 is 0 Å². The summed E-state index contributed by atoms with van der Waals surface area (Å²) in [5.74, 6) is 1.62. The Labute approximate surface area is 83.1 Å². The molecule has 13 heavy (non-hydrogen) atoms. The van der Waals surface area contributed by atoms with E-state index in [4.69, 9.17) is 5.73 Å². The lowest BCUT2D eigenvalue weighted by molar-refractivity contribution is 0.269. The largest absolute Gasteiger partial charge is 0.325 e. The molecule has 1 heteroatoms. The van der Waals surface area contributed by atoms with Gasteiger partial charge >= 0.3 is 0 Å². The van der Waals surface area contributed by atoms with E-state index in [0.717, 1.165) is 5.92 Å². The maximum absolute atomic E-state index is 6.45. The number of hydrogen-bond donors (Lipinski definition) is 1. The Morgan fingerprint density at radius 2 is 2.15 bits per heavy atom. The van der Waals surface area contributed by atoms with Crippen LogP contribution in [-0.4, -0.2) is 5.54 Å². The Bertz CT molecular complexity index is 155. The Kier molecular flexibility index (Phi) is 3.78.